The monoisotopic (exact) mass is 324 g/mol. The number of rotatable bonds is 4. The van der Waals surface area contributed by atoms with E-state index in [0.717, 1.165) is 45.1 Å². The van der Waals surface area contributed by atoms with Crippen LogP contribution in [0.5, 0.6) is 5.75 Å². The Hall–Kier alpha value is -2.12. The summed E-state index contributed by atoms with van der Waals surface area (Å²) in [6.45, 7) is 8.40. The van der Waals surface area contributed by atoms with E-state index in [4.69, 9.17) is 24.5 Å². The highest BCUT2D eigenvalue weighted by atomic mass is 16.5. The second-order valence-corrected chi connectivity index (χ2v) is 5.23. The molecule has 0 unspecified atom stereocenters. The first-order chi connectivity index (χ1) is 10.9. The molecule has 1 fully saturated rings. The van der Waals surface area contributed by atoms with Gasteiger partial charge in [-0.1, -0.05) is 18.2 Å². The summed E-state index contributed by atoms with van der Waals surface area (Å²) in [6.07, 6.45) is 0. The lowest BCUT2D eigenvalue weighted by molar-refractivity contribution is -0.159. The molecule has 1 heterocycles. The van der Waals surface area contributed by atoms with Crippen LogP contribution in [0.25, 0.3) is 0 Å². The quantitative estimate of drug-likeness (QED) is 0.798. The largest absolute Gasteiger partial charge is 0.494 e. The number of likely N-dealkylation sites (N-methyl/N-ethyl adjacent to an activating group) is 1. The van der Waals surface area contributed by atoms with Crippen LogP contribution < -0.4 is 4.74 Å². The van der Waals surface area contributed by atoms with Gasteiger partial charge in [0.2, 0.25) is 0 Å². The lowest BCUT2D eigenvalue weighted by Crippen LogP contribution is -2.43. The number of benzene rings is 1. The number of piperazine rings is 1. The molecule has 0 bridgehead atoms. The summed E-state index contributed by atoms with van der Waals surface area (Å²) in [5.41, 5.74) is 1.30. The summed E-state index contributed by atoms with van der Waals surface area (Å²) in [6, 6.07) is 8.37. The second kappa shape index (κ2) is 9.81. The van der Waals surface area contributed by atoms with Crippen molar-refractivity contribution in [2.75, 3.05) is 39.8 Å². The lowest BCUT2D eigenvalue weighted by Gasteiger charge is -2.32. The third-order valence-corrected chi connectivity index (χ3v) is 3.45. The molecule has 0 aromatic heterocycles. The van der Waals surface area contributed by atoms with Crippen molar-refractivity contribution in [2.45, 2.75) is 13.5 Å². The number of aliphatic carboxylic acids is 2. The molecule has 7 heteroatoms. The number of hydrogen-bond acceptors (Lipinski definition) is 5. The van der Waals surface area contributed by atoms with Crippen LogP contribution in [0.15, 0.2) is 24.3 Å². The number of ether oxygens (including phenoxy) is 1. The van der Waals surface area contributed by atoms with Gasteiger partial charge in [0.1, 0.15) is 5.75 Å². The van der Waals surface area contributed by atoms with Gasteiger partial charge in [-0.05, 0) is 20.0 Å². The zero-order valence-electron chi connectivity index (χ0n) is 13.6. The van der Waals surface area contributed by atoms with E-state index in [-0.39, 0.29) is 0 Å². The van der Waals surface area contributed by atoms with Gasteiger partial charge in [-0.15, -0.1) is 0 Å². The van der Waals surface area contributed by atoms with Crippen LogP contribution in [-0.4, -0.2) is 71.8 Å². The molecule has 0 aliphatic carbocycles. The predicted octanol–water partition coefficient (Wildman–Crippen LogP) is 0.988. The van der Waals surface area contributed by atoms with Gasteiger partial charge in [0, 0.05) is 38.3 Å². The van der Waals surface area contributed by atoms with Crippen LogP contribution in [0.4, 0.5) is 0 Å². The van der Waals surface area contributed by atoms with Crippen molar-refractivity contribution in [3.05, 3.63) is 29.8 Å². The van der Waals surface area contributed by atoms with Crippen molar-refractivity contribution in [3.63, 3.8) is 0 Å². The minimum Gasteiger partial charge on any atom is -0.494 e. The fraction of sp³-hybridized carbons (Fsp3) is 0.500. The Morgan fingerprint density at radius 2 is 1.65 bits per heavy atom. The van der Waals surface area contributed by atoms with Crippen molar-refractivity contribution in [2.24, 2.45) is 0 Å². The molecule has 0 radical (unpaired) electrons. The molecular formula is C16H24N2O5. The van der Waals surface area contributed by atoms with Crippen molar-refractivity contribution in [3.8, 4) is 5.75 Å². The summed E-state index contributed by atoms with van der Waals surface area (Å²) < 4.78 is 5.66. The summed E-state index contributed by atoms with van der Waals surface area (Å²) in [7, 11) is 2.19. The summed E-state index contributed by atoms with van der Waals surface area (Å²) in [5.74, 6) is -2.61. The third-order valence-electron chi connectivity index (χ3n) is 3.45. The highest BCUT2D eigenvalue weighted by Crippen LogP contribution is 2.20. The Balaban J connectivity index is 0.000000379. The molecule has 0 amide bonds. The van der Waals surface area contributed by atoms with E-state index < -0.39 is 11.9 Å². The number of carboxylic acid groups (broad SMARTS) is 2. The van der Waals surface area contributed by atoms with Crippen molar-refractivity contribution in [1.82, 2.24) is 9.80 Å². The number of nitrogens with zero attached hydrogens (tertiary/aromatic N) is 2. The molecule has 1 aromatic carbocycles. The molecule has 2 N–H and O–H groups in total. The molecule has 128 valence electrons. The molecule has 23 heavy (non-hydrogen) atoms. The van der Waals surface area contributed by atoms with Crippen LogP contribution >= 0.6 is 0 Å². The average Bonchev–Trinajstić information content (AvgIpc) is 2.52. The molecule has 2 rings (SSSR count). The van der Waals surface area contributed by atoms with Crippen molar-refractivity contribution >= 4 is 11.9 Å². The molecule has 0 atom stereocenters. The minimum absolute atomic E-state index is 0.736. The minimum atomic E-state index is -1.82. The van der Waals surface area contributed by atoms with Gasteiger partial charge in [-0.25, -0.2) is 9.59 Å². The van der Waals surface area contributed by atoms with E-state index in [2.05, 4.69) is 35.0 Å². The fourth-order valence-electron chi connectivity index (χ4n) is 2.18. The normalized spacial score (nSPS) is 15.4. The van der Waals surface area contributed by atoms with Gasteiger partial charge in [0.05, 0.1) is 6.61 Å². The molecule has 1 aliphatic heterocycles. The molecule has 0 spiro atoms. The van der Waals surface area contributed by atoms with Gasteiger partial charge < -0.3 is 19.8 Å². The highest BCUT2D eigenvalue weighted by molar-refractivity contribution is 6.27. The van der Waals surface area contributed by atoms with Crippen molar-refractivity contribution in [1.29, 1.82) is 0 Å². The predicted molar refractivity (Wildman–Crippen MR) is 85.7 cm³/mol. The van der Waals surface area contributed by atoms with Crippen LogP contribution in [0.1, 0.15) is 12.5 Å². The molecule has 0 saturated carbocycles. The topological polar surface area (TPSA) is 90.3 Å². The van der Waals surface area contributed by atoms with Crippen LogP contribution in [0.3, 0.4) is 0 Å². The van der Waals surface area contributed by atoms with Gasteiger partial charge in [0.25, 0.3) is 0 Å². The Bertz CT molecular complexity index is 501. The van der Waals surface area contributed by atoms with Crippen molar-refractivity contribution < 1.29 is 24.5 Å². The molecule has 1 saturated heterocycles. The Morgan fingerprint density at radius 1 is 1.09 bits per heavy atom. The second-order valence-electron chi connectivity index (χ2n) is 5.23. The zero-order valence-corrected chi connectivity index (χ0v) is 13.6. The van der Waals surface area contributed by atoms with Crippen LogP contribution in [0.2, 0.25) is 0 Å². The van der Waals surface area contributed by atoms with Gasteiger partial charge in [-0.3, -0.25) is 4.90 Å². The van der Waals surface area contributed by atoms with E-state index in [0.29, 0.717) is 0 Å². The standard InChI is InChI=1S/C14H22N2O.C2H2O4/c1-3-17-14-7-5-4-6-13(14)12-16-10-8-15(2)9-11-16;3-1(4)2(5)6/h4-7H,3,8-12H2,1-2H3;(H,3,4)(H,5,6). The maximum absolute atomic E-state index is 9.10. The zero-order chi connectivity index (χ0) is 17.2. The maximum Gasteiger partial charge on any atom is 0.414 e. The summed E-state index contributed by atoms with van der Waals surface area (Å²) in [4.78, 5) is 23.1. The van der Waals surface area contributed by atoms with E-state index in [1.165, 1.54) is 5.56 Å². The van der Waals surface area contributed by atoms with Crippen LogP contribution in [-0.2, 0) is 16.1 Å². The number of para-hydroxylation sites is 1. The van der Waals surface area contributed by atoms with E-state index in [9.17, 15) is 0 Å². The van der Waals surface area contributed by atoms with Gasteiger partial charge in [0.15, 0.2) is 0 Å². The highest BCUT2D eigenvalue weighted by Gasteiger charge is 2.15. The Morgan fingerprint density at radius 3 is 2.17 bits per heavy atom. The third kappa shape index (κ3) is 7.12. The Labute approximate surface area is 136 Å². The number of hydrogen-bond donors (Lipinski definition) is 2. The van der Waals surface area contributed by atoms with E-state index in [1.54, 1.807) is 0 Å². The molecule has 7 nitrogen and oxygen atoms in total. The SMILES string of the molecule is CCOc1ccccc1CN1CCN(C)CC1.O=C(O)C(=O)O. The first kappa shape index (κ1) is 18.9. The Kier molecular flexibility index (Phi) is 8.07. The van der Waals surface area contributed by atoms with E-state index >= 15 is 0 Å². The molecule has 1 aromatic rings. The maximum atomic E-state index is 9.10. The van der Waals surface area contributed by atoms with Crippen LogP contribution in [0, 0.1) is 0 Å². The smallest absolute Gasteiger partial charge is 0.414 e. The average molecular weight is 324 g/mol. The summed E-state index contributed by atoms with van der Waals surface area (Å²) >= 11 is 0. The fourth-order valence-corrected chi connectivity index (χ4v) is 2.18. The van der Waals surface area contributed by atoms with Gasteiger partial charge in [-0.2, -0.15) is 0 Å². The number of carbonyl (C=O) groups is 2. The molecular weight excluding hydrogens is 300 g/mol. The van der Waals surface area contributed by atoms with Gasteiger partial charge >= 0.3 is 11.9 Å². The summed E-state index contributed by atoms with van der Waals surface area (Å²) in [5, 5.41) is 14.8. The lowest BCUT2D eigenvalue weighted by atomic mass is 10.1. The number of carboxylic acids is 2. The van der Waals surface area contributed by atoms with E-state index in [1.807, 2.05) is 13.0 Å². The molecule has 1 aliphatic rings. The first-order valence-electron chi connectivity index (χ1n) is 7.51. The first-order valence-corrected chi connectivity index (χ1v) is 7.51.